The molecule has 0 aliphatic rings. The molecule has 0 heterocycles. The molecule has 148 valence electrons. The fourth-order valence-electron chi connectivity index (χ4n) is 3.10. The van der Waals surface area contributed by atoms with Crippen molar-refractivity contribution >= 4 is 11.8 Å². The average molecular weight is 386 g/mol. The maximum Gasteiger partial charge on any atom is 0.251 e. The summed E-state index contributed by atoms with van der Waals surface area (Å²) in [6.07, 6.45) is 1.19. The first kappa shape index (κ1) is 20.3. The highest BCUT2D eigenvalue weighted by molar-refractivity contribution is 5.97. The van der Waals surface area contributed by atoms with E-state index in [9.17, 15) is 9.59 Å². The Kier molecular flexibility index (Phi) is 7.17. The summed E-state index contributed by atoms with van der Waals surface area (Å²) < 4.78 is 0. The number of hydrogen-bond acceptors (Lipinski definition) is 2. The Morgan fingerprint density at radius 3 is 2.00 bits per heavy atom. The first-order valence-electron chi connectivity index (χ1n) is 9.85. The van der Waals surface area contributed by atoms with Crippen molar-refractivity contribution in [3.8, 4) is 0 Å². The van der Waals surface area contributed by atoms with Gasteiger partial charge in [-0.15, -0.1) is 0 Å². The lowest BCUT2D eigenvalue weighted by atomic mass is 10.0. The van der Waals surface area contributed by atoms with Crippen LogP contribution in [0.25, 0.3) is 0 Å². The van der Waals surface area contributed by atoms with Crippen LogP contribution in [0.15, 0.2) is 84.9 Å². The Hall–Kier alpha value is -3.40. The molecule has 3 rings (SSSR count). The maximum absolute atomic E-state index is 12.8. The van der Waals surface area contributed by atoms with Gasteiger partial charge in [0.1, 0.15) is 6.04 Å². The van der Waals surface area contributed by atoms with Crippen molar-refractivity contribution in [2.45, 2.75) is 25.8 Å². The molecule has 0 fully saturated rings. The summed E-state index contributed by atoms with van der Waals surface area (Å²) in [6, 6.07) is 26.4. The molecule has 4 heteroatoms. The number of benzene rings is 3. The van der Waals surface area contributed by atoms with Crippen LogP contribution in [-0.4, -0.2) is 24.4 Å². The first-order valence-corrected chi connectivity index (χ1v) is 9.85. The molecule has 2 N–H and O–H groups in total. The van der Waals surface area contributed by atoms with Gasteiger partial charge in [0.15, 0.2) is 0 Å². The molecule has 0 aliphatic heterocycles. The van der Waals surface area contributed by atoms with Gasteiger partial charge in [-0.2, -0.15) is 0 Å². The molecular weight excluding hydrogens is 360 g/mol. The molecule has 1 unspecified atom stereocenters. The first-order chi connectivity index (χ1) is 14.1. The summed E-state index contributed by atoms with van der Waals surface area (Å²) in [7, 11) is 0. The van der Waals surface area contributed by atoms with Crippen LogP contribution in [0.5, 0.6) is 0 Å². The van der Waals surface area contributed by atoms with Crippen molar-refractivity contribution in [2.75, 3.05) is 6.54 Å². The lowest BCUT2D eigenvalue weighted by molar-refractivity contribution is -0.122. The van der Waals surface area contributed by atoms with Gasteiger partial charge in [0.25, 0.3) is 5.91 Å². The van der Waals surface area contributed by atoms with E-state index in [-0.39, 0.29) is 11.8 Å². The monoisotopic (exact) mass is 386 g/mol. The second kappa shape index (κ2) is 10.2. The van der Waals surface area contributed by atoms with Crippen LogP contribution < -0.4 is 10.6 Å². The summed E-state index contributed by atoms with van der Waals surface area (Å²) >= 11 is 0. The molecule has 2 amide bonds. The predicted octanol–water partition coefficient (Wildman–Crippen LogP) is 3.70. The number of carbonyl (C=O) groups excluding carboxylic acids is 2. The molecule has 0 radical (unpaired) electrons. The van der Waals surface area contributed by atoms with Gasteiger partial charge in [0.05, 0.1) is 0 Å². The lowest BCUT2D eigenvalue weighted by Gasteiger charge is -2.19. The summed E-state index contributed by atoms with van der Waals surface area (Å²) in [6.45, 7) is 2.49. The molecule has 3 aromatic carbocycles. The fraction of sp³-hybridized carbons (Fsp3) is 0.200. The van der Waals surface area contributed by atoms with E-state index in [1.54, 1.807) is 12.1 Å². The molecule has 0 aromatic heterocycles. The van der Waals surface area contributed by atoms with E-state index in [0.29, 0.717) is 18.5 Å². The van der Waals surface area contributed by atoms with Gasteiger partial charge in [-0.3, -0.25) is 9.59 Å². The molecule has 1 atom stereocenters. The van der Waals surface area contributed by atoms with Crippen LogP contribution in [0.1, 0.15) is 27.0 Å². The van der Waals surface area contributed by atoms with Gasteiger partial charge in [0, 0.05) is 18.5 Å². The van der Waals surface area contributed by atoms with Gasteiger partial charge in [-0.05, 0) is 36.6 Å². The van der Waals surface area contributed by atoms with E-state index in [4.69, 9.17) is 0 Å². The van der Waals surface area contributed by atoms with Crippen molar-refractivity contribution in [1.29, 1.82) is 0 Å². The third-order valence-corrected chi connectivity index (χ3v) is 4.77. The largest absolute Gasteiger partial charge is 0.354 e. The molecule has 0 bridgehead atoms. The van der Waals surface area contributed by atoms with Crippen molar-refractivity contribution in [2.24, 2.45) is 0 Å². The topological polar surface area (TPSA) is 58.2 Å². The molecule has 0 aliphatic carbocycles. The quantitative estimate of drug-likeness (QED) is 0.620. The minimum Gasteiger partial charge on any atom is -0.354 e. The smallest absolute Gasteiger partial charge is 0.251 e. The van der Waals surface area contributed by atoms with E-state index >= 15 is 0 Å². The highest BCUT2D eigenvalue weighted by Crippen LogP contribution is 2.07. The summed E-state index contributed by atoms with van der Waals surface area (Å²) in [4.78, 5) is 25.5. The number of aryl methyl sites for hydroxylation is 1. The van der Waals surface area contributed by atoms with Gasteiger partial charge in [-0.25, -0.2) is 0 Å². The van der Waals surface area contributed by atoms with Crippen molar-refractivity contribution < 1.29 is 9.59 Å². The van der Waals surface area contributed by atoms with E-state index in [1.165, 1.54) is 0 Å². The molecule has 4 nitrogen and oxygen atoms in total. The third kappa shape index (κ3) is 6.32. The zero-order valence-electron chi connectivity index (χ0n) is 16.6. The maximum atomic E-state index is 12.8. The van der Waals surface area contributed by atoms with Gasteiger partial charge < -0.3 is 10.6 Å². The molecule has 0 saturated heterocycles. The van der Waals surface area contributed by atoms with Gasteiger partial charge in [0.2, 0.25) is 5.91 Å². The Morgan fingerprint density at radius 2 is 1.38 bits per heavy atom. The second-order valence-corrected chi connectivity index (χ2v) is 7.11. The van der Waals surface area contributed by atoms with E-state index in [1.807, 2.05) is 79.7 Å². The molecular formula is C25H26N2O2. The Labute approximate surface area is 172 Å². The Bertz CT molecular complexity index is 922. The Balaban J connectivity index is 1.65. The van der Waals surface area contributed by atoms with Crippen LogP contribution in [0, 0.1) is 6.92 Å². The van der Waals surface area contributed by atoms with Crippen LogP contribution in [0.3, 0.4) is 0 Å². The van der Waals surface area contributed by atoms with E-state index in [2.05, 4.69) is 10.6 Å². The number of nitrogens with one attached hydrogen (secondary N) is 2. The minimum atomic E-state index is -0.637. The van der Waals surface area contributed by atoms with Gasteiger partial charge in [-0.1, -0.05) is 78.4 Å². The van der Waals surface area contributed by atoms with E-state index < -0.39 is 6.04 Å². The summed E-state index contributed by atoms with van der Waals surface area (Å²) in [5.74, 6) is -0.422. The molecule has 0 saturated carbocycles. The Morgan fingerprint density at radius 1 is 0.793 bits per heavy atom. The molecule has 0 spiro atoms. The van der Waals surface area contributed by atoms with Crippen molar-refractivity contribution in [3.63, 3.8) is 0 Å². The summed E-state index contributed by atoms with van der Waals surface area (Å²) in [5.41, 5.74) is 3.79. The normalized spacial score (nSPS) is 11.5. The van der Waals surface area contributed by atoms with Crippen molar-refractivity contribution in [3.05, 3.63) is 107 Å². The standard InChI is InChI=1S/C25H26N2O2/c1-19-12-14-22(15-13-19)24(28)27-23(18-21-10-6-3-7-11-21)25(29)26-17-16-20-8-4-2-5-9-20/h2-15,23H,16-18H2,1H3,(H,26,29)(H,27,28). The number of hydrogen-bond donors (Lipinski definition) is 2. The second-order valence-electron chi connectivity index (χ2n) is 7.11. The number of amides is 2. The summed E-state index contributed by atoms with van der Waals surface area (Å²) in [5, 5.41) is 5.86. The zero-order valence-corrected chi connectivity index (χ0v) is 16.6. The third-order valence-electron chi connectivity index (χ3n) is 4.77. The van der Waals surface area contributed by atoms with Gasteiger partial charge >= 0.3 is 0 Å². The average Bonchev–Trinajstić information content (AvgIpc) is 2.75. The van der Waals surface area contributed by atoms with Crippen molar-refractivity contribution in [1.82, 2.24) is 10.6 Å². The highest BCUT2D eigenvalue weighted by atomic mass is 16.2. The predicted molar refractivity (Wildman–Crippen MR) is 116 cm³/mol. The minimum absolute atomic E-state index is 0.176. The number of carbonyl (C=O) groups is 2. The lowest BCUT2D eigenvalue weighted by Crippen LogP contribution is -2.48. The highest BCUT2D eigenvalue weighted by Gasteiger charge is 2.21. The van der Waals surface area contributed by atoms with Crippen LogP contribution >= 0.6 is 0 Å². The zero-order chi connectivity index (χ0) is 20.5. The van der Waals surface area contributed by atoms with Crippen LogP contribution in [-0.2, 0) is 17.6 Å². The number of rotatable bonds is 8. The van der Waals surface area contributed by atoms with Crippen LogP contribution in [0.4, 0.5) is 0 Å². The van der Waals surface area contributed by atoms with E-state index in [0.717, 1.165) is 23.1 Å². The SMILES string of the molecule is Cc1ccc(C(=O)NC(Cc2ccccc2)C(=O)NCCc2ccccc2)cc1. The molecule has 29 heavy (non-hydrogen) atoms. The fourth-order valence-corrected chi connectivity index (χ4v) is 3.10. The van der Waals surface area contributed by atoms with Crippen LogP contribution in [0.2, 0.25) is 0 Å². The molecule has 3 aromatic rings.